The maximum absolute atomic E-state index is 13.1. The average Bonchev–Trinajstić information content (AvgIpc) is 3.29. The molecule has 3 aromatic heterocycles. The predicted octanol–water partition coefficient (Wildman–Crippen LogP) is 2.29. The predicted molar refractivity (Wildman–Crippen MR) is 99.8 cm³/mol. The van der Waals surface area contributed by atoms with Crippen LogP contribution in [0.3, 0.4) is 0 Å². The van der Waals surface area contributed by atoms with Crippen molar-refractivity contribution in [3.63, 3.8) is 0 Å². The quantitative estimate of drug-likeness (QED) is 0.711. The van der Waals surface area contributed by atoms with Gasteiger partial charge in [-0.25, -0.2) is 15.0 Å². The second-order valence-corrected chi connectivity index (χ2v) is 7.00. The molecule has 0 aliphatic carbocycles. The highest BCUT2D eigenvalue weighted by Crippen LogP contribution is 2.32. The van der Waals surface area contributed by atoms with E-state index in [1.807, 2.05) is 42.7 Å². The number of piperidine rings is 1. The molecular formula is C19H23N7O. The third-order valence-electron chi connectivity index (χ3n) is 4.96. The molecule has 1 fully saturated rings. The summed E-state index contributed by atoms with van der Waals surface area (Å²) in [5, 5.41) is 4.13. The van der Waals surface area contributed by atoms with Crippen LogP contribution < -0.4 is 0 Å². The maximum atomic E-state index is 13.1. The molecule has 0 N–H and O–H groups in total. The molecular weight excluding hydrogens is 342 g/mol. The van der Waals surface area contributed by atoms with E-state index in [0.29, 0.717) is 11.4 Å². The van der Waals surface area contributed by atoms with Gasteiger partial charge in [-0.15, -0.1) is 0 Å². The van der Waals surface area contributed by atoms with Gasteiger partial charge in [0.2, 0.25) is 0 Å². The van der Waals surface area contributed by atoms with Gasteiger partial charge >= 0.3 is 0 Å². The second-order valence-electron chi connectivity index (χ2n) is 7.00. The monoisotopic (exact) mass is 365 g/mol. The number of aryl methyl sites for hydroxylation is 3. The molecule has 0 saturated carbocycles. The van der Waals surface area contributed by atoms with Gasteiger partial charge in [0.25, 0.3) is 5.91 Å². The second kappa shape index (κ2) is 6.94. The van der Waals surface area contributed by atoms with Gasteiger partial charge in [-0.2, -0.15) is 5.10 Å². The molecule has 0 spiro atoms. The van der Waals surface area contributed by atoms with Crippen LogP contribution in [0.15, 0.2) is 30.9 Å². The smallest absolute Gasteiger partial charge is 0.257 e. The molecule has 8 heteroatoms. The fourth-order valence-corrected chi connectivity index (χ4v) is 3.67. The third-order valence-corrected chi connectivity index (χ3v) is 4.96. The van der Waals surface area contributed by atoms with Crippen LogP contribution in [-0.2, 0) is 14.1 Å². The summed E-state index contributed by atoms with van der Waals surface area (Å²) >= 11 is 0. The zero-order valence-corrected chi connectivity index (χ0v) is 15.8. The summed E-state index contributed by atoms with van der Waals surface area (Å²) in [6.45, 7) is 2.60. The van der Waals surface area contributed by atoms with Gasteiger partial charge in [0.1, 0.15) is 11.5 Å². The first-order chi connectivity index (χ1) is 13.0. The van der Waals surface area contributed by atoms with Gasteiger partial charge in [0.15, 0.2) is 5.82 Å². The van der Waals surface area contributed by atoms with Crippen LogP contribution in [0.1, 0.15) is 47.2 Å². The molecule has 0 bridgehead atoms. The molecule has 1 aliphatic heterocycles. The molecule has 3 aromatic rings. The highest BCUT2D eigenvalue weighted by molar-refractivity contribution is 5.94. The summed E-state index contributed by atoms with van der Waals surface area (Å²) in [5.74, 6) is 1.48. The molecule has 0 unspecified atom stereocenters. The lowest BCUT2D eigenvalue weighted by Crippen LogP contribution is -2.39. The first-order valence-electron chi connectivity index (χ1n) is 9.16. The van der Waals surface area contributed by atoms with Crippen molar-refractivity contribution in [3.05, 3.63) is 47.9 Å². The molecule has 1 aliphatic rings. The van der Waals surface area contributed by atoms with Crippen LogP contribution in [0.25, 0.3) is 11.5 Å². The van der Waals surface area contributed by atoms with E-state index in [1.165, 1.54) is 0 Å². The topological polar surface area (TPSA) is 81.7 Å². The fraction of sp³-hybridized carbons (Fsp3) is 0.421. The number of nitrogens with zero attached hydrogens (tertiary/aromatic N) is 7. The maximum Gasteiger partial charge on any atom is 0.257 e. The van der Waals surface area contributed by atoms with Crippen LogP contribution in [-0.4, -0.2) is 46.7 Å². The van der Waals surface area contributed by atoms with Gasteiger partial charge < -0.3 is 9.47 Å². The van der Waals surface area contributed by atoms with Crippen molar-refractivity contribution in [1.82, 2.24) is 34.2 Å². The van der Waals surface area contributed by atoms with Crippen molar-refractivity contribution in [1.29, 1.82) is 0 Å². The summed E-state index contributed by atoms with van der Waals surface area (Å²) in [4.78, 5) is 28.6. The van der Waals surface area contributed by atoms with E-state index in [1.54, 1.807) is 23.3 Å². The Morgan fingerprint density at radius 3 is 2.78 bits per heavy atom. The molecule has 4 rings (SSSR count). The third kappa shape index (κ3) is 3.34. The largest absolute Gasteiger partial charge is 0.333 e. The van der Waals surface area contributed by atoms with Crippen LogP contribution in [0.4, 0.5) is 0 Å². The normalized spacial score (nSPS) is 17.3. The van der Waals surface area contributed by atoms with Crippen molar-refractivity contribution >= 4 is 5.91 Å². The molecule has 0 aromatic carbocycles. The number of aromatic nitrogens is 6. The van der Waals surface area contributed by atoms with Crippen LogP contribution in [0.2, 0.25) is 0 Å². The highest BCUT2D eigenvalue weighted by atomic mass is 16.2. The number of likely N-dealkylation sites (tertiary alicyclic amines) is 1. The fourth-order valence-electron chi connectivity index (χ4n) is 3.67. The molecule has 140 valence electrons. The van der Waals surface area contributed by atoms with Gasteiger partial charge in [-0.05, 0) is 32.3 Å². The van der Waals surface area contributed by atoms with Crippen molar-refractivity contribution in [2.24, 2.45) is 14.1 Å². The lowest BCUT2D eigenvalue weighted by Gasteiger charge is -2.35. The summed E-state index contributed by atoms with van der Waals surface area (Å²) in [6.07, 6.45) is 10.00. The number of carbonyl (C=O) groups is 1. The minimum Gasteiger partial charge on any atom is -0.333 e. The van der Waals surface area contributed by atoms with E-state index in [4.69, 9.17) is 0 Å². The minimum atomic E-state index is -0.0628. The number of rotatable bonds is 3. The molecule has 4 heterocycles. The van der Waals surface area contributed by atoms with E-state index < -0.39 is 0 Å². The standard InChI is InChI=1S/C19H23N7O/c1-13-22-15(10-16(23-13)18-20-7-9-24(18)2)17-6-4-5-8-26(17)19(27)14-11-21-25(3)12-14/h7,9-12,17H,4-6,8H2,1-3H3/t17-/m1/s1. The highest BCUT2D eigenvalue weighted by Gasteiger charge is 2.31. The van der Waals surface area contributed by atoms with Gasteiger partial charge in [0.05, 0.1) is 23.5 Å². The lowest BCUT2D eigenvalue weighted by atomic mass is 9.97. The van der Waals surface area contributed by atoms with Crippen molar-refractivity contribution < 1.29 is 4.79 Å². The number of hydrogen-bond acceptors (Lipinski definition) is 5. The Labute approximate surface area is 157 Å². The number of hydrogen-bond donors (Lipinski definition) is 0. The number of imidazole rings is 1. The van der Waals surface area contributed by atoms with Crippen LogP contribution in [0.5, 0.6) is 0 Å². The minimum absolute atomic E-state index is 0.00241. The Hall–Kier alpha value is -3.03. The molecule has 27 heavy (non-hydrogen) atoms. The van der Waals surface area contributed by atoms with Crippen molar-refractivity contribution in [2.45, 2.75) is 32.2 Å². The molecule has 1 atom stereocenters. The van der Waals surface area contributed by atoms with Gasteiger partial charge in [0, 0.05) is 39.2 Å². The summed E-state index contributed by atoms with van der Waals surface area (Å²) in [6, 6.07) is 1.90. The number of amides is 1. The van der Waals surface area contributed by atoms with E-state index in [0.717, 1.165) is 43.0 Å². The Kier molecular flexibility index (Phi) is 4.47. The molecule has 0 radical (unpaired) electrons. The zero-order valence-electron chi connectivity index (χ0n) is 15.8. The molecule has 1 amide bonds. The van der Waals surface area contributed by atoms with Crippen LogP contribution >= 0.6 is 0 Å². The summed E-state index contributed by atoms with van der Waals surface area (Å²) in [7, 11) is 3.76. The Bertz CT molecular complexity index is 974. The first-order valence-corrected chi connectivity index (χ1v) is 9.16. The van der Waals surface area contributed by atoms with Crippen molar-refractivity contribution in [2.75, 3.05) is 6.54 Å². The van der Waals surface area contributed by atoms with E-state index in [9.17, 15) is 4.79 Å². The van der Waals surface area contributed by atoms with E-state index >= 15 is 0 Å². The Balaban J connectivity index is 1.71. The van der Waals surface area contributed by atoms with Gasteiger partial charge in [-0.1, -0.05) is 0 Å². The van der Waals surface area contributed by atoms with E-state index in [-0.39, 0.29) is 11.9 Å². The zero-order chi connectivity index (χ0) is 19.0. The Morgan fingerprint density at radius 2 is 2.07 bits per heavy atom. The van der Waals surface area contributed by atoms with E-state index in [2.05, 4.69) is 20.1 Å². The number of carbonyl (C=O) groups excluding carboxylic acids is 1. The van der Waals surface area contributed by atoms with Crippen LogP contribution in [0, 0.1) is 6.92 Å². The average molecular weight is 365 g/mol. The first kappa shape index (κ1) is 17.4. The SMILES string of the molecule is Cc1nc(-c2nccn2C)cc([C@H]2CCCCN2C(=O)c2cnn(C)c2)n1. The van der Waals surface area contributed by atoms with Gasteiger partial charge in [-0.3, -0.25) is 9.48 Å². The molecule has 8 nitrogen and oxygen atoms in total. The molecule has 1 saturated heterocycles. The summed E-state index contributed by atoms with van der Waals surface area (Å²) < 4.78 is 3.59. The van der Waals surface area contributed by atoms with Crippen molar-refractivity contribution in [3.8, 4) is 11.5 Å². The Morgan fingerprint density at radius 1 is 1.22 bits per heavy atom. The summed E-state index contributed by atoms with van der Waals surface area (Å²) in [5.41, 5.74) is 2.27. The lowest BCUT2D eigenvalue weighted by molar-refractivity contribution is 0.0605.